The first-order valence-electron chi connectivity index (χ1n) is 8.46. The molecule has 1 atom stereocenters. The summed E-state index contributed by atoms with van der Waals surface area (Å²) in [4.78, 5) is 2.34. The van der Waals surface area contributed by atoms with Crippen molar-refractivity contribution in [2.24, 2.45) is 11.7 Å². The highest BCUT2D eigenvalue weighted by Crippen LogP contribution is 2.34. The highest BCUT2D eigenvalue weighted by Gasteiger charge is 2.26. The monoisotopic (exact) mass is 306 g/mol. The molecule has 1 aromatic carbocycles. The molecule has 124 valence electrons. The first-order chi connectivity index (χ1) is 10.7. The van der Waals surface area contributed by atoms with Crippen molar-refractivity contribution in [2.75, 3.05) is 39.4 Å². The van der Waals surface area contributed by atoms with Gasteiger partial charge in [-0.2, -0.15) is 0 Å². The van der Waals surface area contributed by atoms with E-state index in [1.807, 2.05) is 6.92 Å². The van der Waals surface area contributed by atoms with E-state index in [0.717, 1.165) is 38.2 Å². The minimum Gasteiger partial charge on any atom is -0.494 e. The molecule has 0 bridgehead atoms. The lowest BCUT2D eigenvalue weighted by Crippen LogP contribution is -2.38. The summed E-state index contributed by atoms with van der Waals surface area (Å²) >= 11 is 0. The molecule has 4 heteroatoms. The maximum atomic E-state index is 9.04. The molecule has 1 heterocycles. The van der Waals surface area contributed by atoms with Gasteiger partial charge in [0, 0.05) is 6.54 Å². The maximum Gasteiger partial charge on any atom is 0.122 e. The molecule has 1 aliphatic rings. The SMILES string of the molecule is CCOc1ccc(C(CN)C2CCN(CCO)CC2)cc1C. The maximum absolute atomic E-state index is 9.04. The topological polar surface area (TPSA) is 58.7 Å². The number of hydrogen-bond acceptors (Lipinski definition) is 4. The number of benzene rings is 1. The van der Waals surface area contributed by atoms with Crippen molar-refractivity contribution >= 4 is 0 Å². The minimum atomic E-state index is 0.253. The van der Waals surface area contributed by atoms with E-state index in [2.05, 4.69) is 30.0 Å². The predicted octanol–water partition coefficient (Wildman–Crippen LogP) is 2.14. The zero-order valence-electron chi connectivity index (χ0n) is 13.9. The highest BCUT2D eigenvalue weighted by atomic mass is 16.5. The van der Waals surface area contributed by atoms with E-state index < -0.39 is 0 Å². The predicted molar refractivity (Wildman–Crippen MR) is 90.4 cm³/mol. The van der Waals surface area contributed by atoms with Crippen LogP contribution in [0.1, 0.15) is 36.8 Å². The second-order valence-electron chi connectivity index (χ2n) is 6.20. The van der Waals surface area contributed by atoms with Crippen molar-refractivity contribution in [3.8, 4) is 5.75 Å². The first kappa shape index (κ1) is 17.3. The van der Waals surface area contributed by atoms with Gasteiger partial charge in [0.05, 0.1) is 13.2 Å². The number of β-amino-alcohol motifs (C(OH)–C–C–N with tert-alkyl or cyclic N) is 1. The van der Waals surface area contributed by atoms with Gasteiger partial charge < -0.3 is 20.5 Å². The number of rotatable bonds is 7. The zero-order chi connectivity index (χ0) is 15.9. The van der Waals surface area contributed by atoms with E-state index >= 15 is 0 Å². The molecule has 0 saturated carbocycles. The quantitative estimate of drug-likeness (QED) is 0.810. The Morgan fingerprint density at radius 1 is 1.36 bits per heavy atom. The van der Waals surface area contributed by atoms with Crippen LogP contribution in [0.2, 0.25) is 0 Å². The fourth-order valence-corrected chi connectivity index (χ4v) is 3.54. The van der Waals surface area contributed by atoms with Crippen LogP contribution in [-0.2, 0) is 0 Å². The van der Waals surface area contributed by atoms with Crippen molar-refractivity contribution in [1.82, 2.24) is 4.90 Å². The third-order valence-corrected chi connectivity index (χ3v) is 4.80. The van der Waals surface area contributed by atoms with Crippen LogP contribution in [0.5, 0.6) is 5.75 Å². The van der Waals surface area contributed by atoms with E-state index in [1.165, 1.54) is 11.1 Å². The smallest absolute Gasteiger partial charge is 0.122 e. The molecule has 1 aliphatic heterocycles. The number of likely N-dealkylation sites (tertiary alicyclic amines) is 1. The molecule has 22 heavy (non-hydrogen) atoms. The molecule has 1 fully saturated rings. The summed E-state index contributed by atoms with van der Waals surface area (Å²) in [6.45, 7) is 8.69. The van der Waals surface area contributed by atoms with Crippen molar-refractivity contribution in [3.63, 3.8) is 0 Å². The number of hydrogen-bond donors (Lipinski definition) is 2. The van der Waals surface area contributed by atoms with Gasteiger partial charge in [-0.15, -0.1) is 0 Å². The molecule has 0 amide bonds. The summed E-state index contributed by atoms with van der Waals surface area (Å²) in [6, 6.07) is 6.50. The van der Waals surface area contributed by atoms with E-state index in [4.69, 9.17) is 15.6 Å². The first-order valence-corrected chi connectivity index (χ1v) is 8.46. The Hall–Kier alpha value is -1.10. The van der Waals surface area contributed by atoms with E-state index in [0.29, 0.717) is 25.0 Å². The van der Waals surface area contributed by atoms with Gasteiger partial charge in [-0.3, -0.25) is 0 Å². The molecule has 2 rings (SSSR count). The van der Waals surface area contributed by atoms with Gasteiger partial charge in [0.2, 0.25) is 0 Å². The second kappa shape index (κ2) is 8.51. The lowest BCUT2D eigenvalue weighted by atomic mass is 9.79. The van der Waals surface area contributed by atoms with E-state index in [-0.39, 0.29) is 6.61 Å². The van der Waals surface area contributed by atoms with Gasteiger partial charge >= 0.3 is 0 Å². The molecule has 0 spiro atoms. The average Bonchev–Trinajstić information content (AvgIpc) is 2.53. The van der Waals surface area contributed by atoms with Gasteiger partial charge in [0.25, 0.3) is 0 Å². The van der Waals surface area contributed by atoms with Gasteiger partial charge in [-0.1, -0.05) is 12.1 Å². The van der Waals surface area contributed by atoms with Crippen LogP contribution in [0.25, 0.3) is 0 Å². The van der Waals surface area contributed by atoms with Crippen molar-refractivity contribution < 1.29 is 9.84 Å². The van der Waals surface area contributed by atoms with Crippen molar-refractivity contribution in [2.45, 2.75) is 32.6 Å². The normalized spacial score (nSPS) is 18.4. The number of ether oxygens (including phenoxy) is 1. The van der Waals surface area contributed by atoms with Crippen molar-refractivity contribution in [1.29, 1.82) is 0 Å². The number of nitrogens with zero attached hydrogens (tertiary/aromatic N) is 1. The van der Waals surface area contributed by atoms with Gasteiger partial charge in [0.15, 0.2) is 0 Å². The van der Waals surface area contributed by atoms with Gasteiger partial charge in [-0.25, -0.2) is 0 Å². The molecule has 1 aromatic rings. The second-order valence-corrected chi connectivity index (χ2v) is 6.20. The summed E-state index contributed by atoms with van der Waals surface area (Å²) in [5.74, 6) is 2.03. The summed E-state index contributed by atoms with van der Waals surface area (Å²) in [5, 5.41) is 9.04. The number of aryl methyl sites for hydroxylation is 1. The molecular formula is C18H30N2O2. The Morgan fingerprint density at radius 2 is 2.09 bits per heavy atom. The zero-order valence-corrected chi connectivity index (χ0v) is 13.9. The molecule has 0 aliphatic carbocycles. The van der Waals surface area contributed by atoms with Crippen LogP contribution in [0.4, 0.5) is 0 Å². The third kappa shape index (κ3) is 4.22. The van der Waals surface area contributed by atoms with Crippen LogP contribution >= 0.6 is 0 Å². The summed E-state index contributed by atoms with van der Waals surface area (Å²) < 4.78 is 5.63. The molecule has 0 radical (unpaired) electrons. The average molecular weight is 306 g/mol. The Kier molecular flexibility index (Phi) is 6.68. The Labute approximate surface area is 134 Å². The lowest BCUT2D eigenvalue weighted by Gasteiger charge is -2.35. The number of nitrogens with two attached hydrogens (primary N) is 1. The molecule has 1 unspecified atom stereocenters. The lowest BCUT2D eigenvalue weighted by molar-refractivity contribution is 0.138. The van der Waals surface area contributed by atoms with Gasteiger partial charge in [-0.05, 0) is 75.4 Å². The van der Waals surface area contributed by atoms with E-state index in [9.17, 15) is 0 Å². The molecular weight excluding hydrogens is 276 g/mol. The minimum absolute atomic E-state index is 0.253. The van der Waals surface area contributed by atoms with E-state index in [1.54, 1.807) is 0 Å². The molecule has 3 N–H and O–H groups in total. The van der Waals surface area contributed by atoms with Crippen LogP contribution in [-0.4, -0.2) is 49.4 Å². The molecule has 1 saturated heterocycles. The fraction of sp³-hybridized carbons (Fsp3) is 0.667. The Morgan fingerprint density at radius 3 is 2.64 bits per heavy atom. The van der Waals surface area contributed by atoms with Crippen LogP contribution in [0.15, 0.2) is 18.2 Å². The number of aliphatic hydroxyl groups excluding tert-OH is 1. The highest BCUT2D eigenvalue weighted by molar-refractivity contribution is 5.38. The fourth-order valence-electron chi connectivity index (χ4n) is 3.54. The standard InChI is InChI=1S/C18H30N2O2/c1-3-22-18-5-4-16(12-14(18)2)17(13-19)15-6-8-20(9-7-15)10-11-21/h4-5,12,15,17,21H,3,6-11,13,19H2,1-2H3. The largest absolute Gasteiger partial charge is 0.494 e. The summed E-state index contributed by atoms with van der Waals surface area (Å²) in [7, 11) is 0. The summed E-state index contributed by atoms with van der Waals surface area (Å²) in [5.41, 5.74) is 8.62. The number of piperidine rings is 1. The van der Waals surface area contributed by atoms with Crippen molar-refractivity contribution in [3.05, 3.63) is 29.3 Å². The Bertz CT molecular complexity index is 456. The third-order valence-electron chi connectivity index (χ3n) is 4.80. The molecule has 4 nitrogen and oxygen atoms in total. The molecule has 0 aromatic heterocycles. The van der Waals surface area contributed by atoms with Gasteiger partial charge in [0.1, 0.15) is 5.75 Å². The number of aliphatic hydroxyl groups is 1. The Balaban J connectivity index is 2.04. The van der Waals surface area contributed by atoms with Crippen LogP contribution in [0.3, 0.4) is 0 Å². The van der Waals surface area contributed by atoms with Crippen LogP contribution < -0.4 is 10.5 Å². The van der Waals surface area contributed by atoms with Crippen LogP contribution in [0, 0.1) is 12.8 Å². The summed E-state index contributed by atoms with van der Waals surface area (Å²) in [6.07, 6.45) is 2.32.